The van der Waals surface area contributed by atoms with Gasteiger partial charge in [0.15, 0.2) is 23.0 Å². The number of fused-ring (bicyclic) bond motifs is 2. The van der Waals surface area contributed by atoms with Crippen LogP contribution in [0.1, 0.15) is 25.2 Å². The number of nitrogens with one attached hydrogen (secondary N) is 1. The van der Waals surface area contributed by atoms with Crippen molar-refractivity contribution in [2.24, 2.45) is 0 Å². The number of nitrogens with zero attached hydrogens (tertiary/aromatic N) is 4. The zero-order valence-corrected chi connectivity index (χ0v) is 19.8. The largest absolute Gasteiger partial charge is 0.486 e. The van der Waals surface area contributed by atoms with Crippen LogP contribution >= 0.6 is 0 Å². The van der Waals surface area contributed by atoms with Crippen molar-refractivity contribution in [2.75, 3.05) is 44.7 Å². The Hall–Kier alpha value is -3.58. The van der Waals surface area contributed by atoms with Crippen molar-refractivity contribution >= 4 is 11.3 Å². The van der Waals surface area contributed by atoms with Gasteiger partial charge < -0.3 is 19.7 Å². The summed E-state index contributed by atoms with van der Waals surface area (Å²) in [7, 11) is 0. The number of pyridine rings is 1. The van der Waals surface area contributed by atoms with E-state index in [-0.39, 0.29) is 0 Å². The van der Waals surface area contributed by atoms with Crippen LogP contribution in [0.25, 0.3) is 16.9 Å². The van der Waals surface area contributed by atoms with Gasteiger partial charge in [-0.25, -0.2) is 9.50 Å². The third-order valence-electron chi connectivity index (χ3n) is 6.21. The highest BCUT2D eigenvalue weighted by Crippen LogP contribution is 2.34. The Labute approximate surface area is 200 Å². The quantitative estimate of drug-likeness (QED) is 0.399. The van der Waals surface area contributed by atoms with E-state index in [4.69, 9.17) is 19.6 Å². The Morgan fingerprint density at radius 1 is 0.941 bits per heavy atom. The molecule has 0 spiro atoms. The molecule has 1 aliphatic rings. The van der Waals surface area contributed by atoms with E-state index in [0.29, 0.717) is 19.6 Å². The lowest BCUT2D eigenvalue weighted by molar-refractivity contribution is 0.171. The first-order valence-electron chi connectivity index (χ1n) is 12.0. The summed E-state index contributed by atoms with van der Waals surface area (Å²) >= 11 is 0. The fourth-order valence-electron chi connectivity index (χ4n) is 4.27. The molecule has 0 atom stereocenters. The molecule has 0 saturated carbocycles. The number of ether oxygens (including phenoxy) is 2. The lowest BCUT2D eigenvalue weighted by Crippen LogP contribution is -2.28. The van der Waals surface area contributed by atoms with Crippen LogP contribution in [0.15, 0.2) is 60.7 Å². The molecule has 5 rings (SSSR count). The second-order valence-electron chi connectivity index (χ2n) is 8.39. The fraction of sp³-hybridized carbons (Fsp3) is 0.333. The highest BCUT2D eigenvalue weighted by molar-refractivity contribution is 5.66. The number of aromatic nitrogens is 3. The van der Waals surface area contributed by atoms with Crippen molar-refractivity contribution in [1.29, 1.82) is 0 Å². The highest BCUT2D eigenvalue weighted by Gasteiger charge is 2.15. The van der Waals surface area contributed by atoms with Crippen LogP contribution in [0.3, 0.4) is 0 Å². The summed E-state index contributed by atoms with van der Waals surface area (Å²) in [5, 5.41) is 8.33. The van der Waals surface area contributed by atoms with Crippen molar-refractivity contribution < 1.29 is 9.47 Å². The normalized spacial score (nSPS) is 12.9. The van der Waals surface area contributed by atoms with Crippen LogP contribution in [-0.2, 0) is 6.42 Å². The van der Waals surface area contributed by atoms with Gasteiger partial charge in [0.05, 0.1) is 5.69 Å². The van der Waals surface area contributed by atoms with Crippen molar-refractivity contribution in [2.45, 2.75) is 20.3 Å². The van der Waals surface area contributed by atoms with Gasteiger partial charge in [0, 0.05) is 30.8 Å². The summed E-state index contributed by atoms with van der Waals surface area (Å²) in [6.07, 6.45) is 0.683. The predicted molar refractivity (Wildman–Crippen MR) is 135 cm³/mol. The number of hydrogen-bond donors (Lipinski definition) is 1. The Bertz CT molecular complexity index is 1250. The smallest absolute Gasteiger partial charge is 0.162 e. The number of likely N-dealkylation sites (N-methyl/N-ethyl adjacent to an activating group) is 1. The molecule has 0 fully saturated rings. The Morgan fingerprint density at radius 2 is 1.74 bits per heavy atom. The van der Waals surface area contributed by atoms with Crippen molar-refractivity contribution in [3.63, 3.8) is 0 Å². The summed E-state index contributed by atoms with van der Waals surface area (Å²) in [5.74, 6) is 2.35. The van der Waals surface area contributed by atoms with E-state index in [1.807, 2.05) is 34.8 Å². The van der Waals surface area contributed by atoms with Gasteiger partial charge in [-0.2, -0.15) is 5.10 Å². The Morgan fingerprint density at radius 3 is 2.53 bits per heavy atom. The van der Waals surface area contributed by atoms with Crippen LogP contribution in [0.2, 0.25) is 0 Å². The van der Waals surface area contributed by atoms with E-state index in [1.54, 1.807) is 0 Å². The second kappa shape index (κ2) is 10.1. The van der Waals surface area contributed by atoms with Gasteiger partial charge in [-0.15, -0.1) is 0 Å². The first-order chi connectivity index (χ1) is 16.7. The Balaban J connectivity index is 1.30. The van der Waals surface area contributed by atoms with Crippen LogP contribution in [0.4, 0.5) is 5.69 Å². The molecule has 0 radical (unpaired) electrons. The molecule has 0 bridgehead atoms. The van der Waals surface area contributed by atoms with Crippen LogP contribution < -0.4 is 14.8 Å². The lowest BCUT2D eigenvalue weighted by atomic mass is 10.1. The molecule has 0 amide bonds. The summed E-state index contributed by atoms with van der Waals surface area (Å²) in [5.41, 5.74) is 5.15. The molecule has 1 aliphatic heterocycles. The number of hydrogen-bond acceptors (Lipinski definition) is 6. The molecule has 34 heavy (non-hydrogen) atoms. The minimum Gasteiger partial charge on any atom is -0.486 e. The number of anilines is 1. The van der Waals surface area contributed by atoms with Gasteiger partial charge in [-0.1, -0.05) is 32.0 Å². The standard InChI is InChI=1S/C27H31N5O2/c1-3-31(4-2)15-14-28-22-11-8-20(9-12-22)18-26-29-27-7-5-6-23(32(27)30-26)21-10-13-24-25(19-21)34-17-16-33-24/h5-13,19,28H,3-4,14-18H2,1-2H3. The van der Waals surface area contributed by atoms with Gasteiger partial charge in [0.2, 0.25) is 0 Å². The van der Waals surface area contributed by atoms with Crippen molar-refractivity contribution in [3.05, 3.63) is 72.1 Å². The topological polar surface area (TPSA) is 63.9 Å². The number of rotatable bonds is 9. The summed E-state index contributed by atoms with van der Waals surface area (Å²) in [4.78, 5) is 7.18. The van der Waals surface area contributed by atoms with E-state index in [1.165, 1.54) is 5.56 Å². The molecule has 4 aromatic rings. The molecular weight excluding hydrogens is 426 g/mol. The first kappa shape index (κ1) is 22.2. The van der Waals surface area contributed by atoms with Crippen LogP contribution in [0, 0.1) is 0 Å². The van der Waals surface area contributed by atoms with E-state index < -0.39 is 0 Å². The molecule has 0 aliphatic carbocycles. The molecule has 1 N–H and O–H groups in total. The van der Waals surface area contributed by atoms with Gasteiger partial charge in [0.25, 0.3) is 0 Å². The zero-order chi connectivity index (χ0) is 23.3. The van der Waals surface area contributed by atoms with Gasteiger partial charge in [-0.3, -0.25) is 0 Å². The third-order valence-corrected chi connectivity index (χ3v) is 6.21. The predicted octanol–water partition coefficient (Wildman–Crippen LogP) is 4.51. The van der Waals surface area contributed by atoms with Crippen LogP contribution in [0.5, 0.6) is 11.5 Å². The van der Waals surface area contributed by atoms with E-state index in [2.05, 4.69) is 54.4 Å². The maximum absolute atomic E-state index is 5.76. The maximum atomic E-state index is 5.76. The first-order valence-corrected chi connectivity index (χ1v) is 12.0. The van der Waals surface area contributed by atoms with E-state index >= 15 is 0 Å². The maximum Gasteiger partial charge on any atom is 0.162 e. The molecule has 176 valence electrons. The van der Waals surface area contributed by atoms with Gasteiger partial charge in [0.1, 0.15) is 13.2 Å². The van der Waals surface area contributed by atoms with Crippen molar-refractivity contribution in [1.82, 2.24) is 19.5 Å². The molecule has 3 heterocycles. The van der Waals surface area contributed by atoms with Crippen molar-refractivity contribution in [3.8, 4) is 22.8 Å². The van der Waals surface area contributed by atoms with Gasteiger partial charge in [-0.05, 0) is 61.1 Å². The third kappa shape index (κ3) is 4.84. The zero-order valence-electron chi connectivity index (χ0n) is 19.8. The minimum absolute atomic E-state index is 0.568. The second-order valence-corrected chi connectivity index (χ2v) is 8.39. The molecule has 2 aromatic carbocycles. The molecule has 0 saturated heterocycles. The highest BCUT2D eigenvalue weighted by atomic mass is 16.6. The monoisotopic (exact) mass is 457 g/mol. The van der Waals surface area contributed by atoms with Crippen LogP contribution in [-0.4, -0.2) is 58.9 Å². The number of benzene rings is 2. The summed E-state index contributed by atoms with van der Waals surface area (Å²) < 4.78 is 13.3. The molecule has 7 heteroatoms. The Kier molecular flexibility index (Phi) is 6.62. The van der Waals surface area contributed by atoms with E-state index in [0.717, 1.165) is 66.1 Å². The minimum atomic E-state index is 0.568. The molecule has 2 aromatic heterocycles. The fourth-order valence-corrected chi connectivity index (χ4v) is 4.27. The average Bonchev–Trinajstić information content (AvgIpc) is 3.30. The average molecular weight is 458 g/mol. The molecule has 7 nitrogen and oxygen atoms in total. The van der Waals surface area contributed by atoms with E-state index in [9.17, 15) is 0 Å². The molecular formula is C27H31N5O2. The van der Waals surface area contributed by atoms with Gasteiger partial charge >= 0.3 is 0 Å². The SMILES string of the molecule is CCN(CC)CCNc1ccc(Cc2nc3cccc(-c4ccc5c(c4)OCCO5)n3n2)cc1. The molecule has 0 unspecified atom stereocenters. The summed E-state index contributed by atoms with van der Waals surface area (Å²) in [6, 6.07) is 20.6. The summed E-state index contributed by atoms with van der Waals surface area (Å²) in [6.45, 7) is 9.71. The lowest BCUT2D eigenvalue weighted by Gasteiger charge is -2.19.